The molecule has 0 aromatic heterocycles. The average Bonchev–Trinajstić information content (AvgIpc) is 2.65. The Morgan fingerprint density at radius 3 is 2.00 bits per heavy atom. The summed E-state index contributed by atoms with van der Waals surface area (Å²) in [6, 6.07) is 21.4. The molecule has 0 saturated heterocycles. The minimum atomic E-state index is -0.652. The van der Waals surface area contributed by atoms with Crippen molar-refractivity contribution in [3.05, 3.63) is 72.3 Å². The molecule has 0 saturated carbocycles. The lowest BCUT2D eigenvalue weighted by Gasteiger charge is -2.16. The van der Waals surface area contributed by atoms with Crippen LogP contribution in [-0.2, 0) is 0 Å². The number of fused-ring (bicyclic) bond motifs is 1. The van der Waals surface area contributed by atoms with Crippen molar-refractivity contribution in [1.29, 1.82) is 0 Å². The second-order valence-corrected chi connectivity index (χ2v) is 5.69. The van der Waals surface area contributed by atoms with Crippen molar-refractivity contribution in [2.24, 2.45) is 0 Å². The van der Waals surface area contributed by atoms with E-state index in [9.17, 15) is 5.11 Å². The standard InChI is InChI=1S/C21H22O3/c1-2-14-23-20-12-13-21(18-11-7-6-10-17(18)20)24-15-19(22)16-8-4-3-5-9-16/h3-13,19,22H,2,14-15H2,1H3. The molecule has 0 aliphatic carbocycles. The first-order valence-electron chi connectivity index (χ1n) is 8.30. The van der Waals surface area contributed by atoms with Crippen LogP contribution in [0.5, 0.6) is 11.5 Å². The van der Waals surface area contributed by atoms with E-state index >= 15 is 0 Å². The predicted molar refractivity (Wildman–Crippen MR) is 96.6 cm³/mol. The largest absolute Gasteiger partial charge is 0.493 e. The quantitative estimate of drug-likeness (QED) is 0.683. The van der Waals surface area contributed by atoms with E-state index in [0.29, 0.717) is 6.61 Å². The SMILES string of the molecule is CCCOc1ccc(OCC(O)c2ccccc2)c2ccccc12. The molecule has 124 valence electrons. The fourth-order valence-electron chi connectivity index (χ4n) is 2.65. The third-order valence-electron chi connectivity index (χ3n) is 3.89. The zero-order valence-corrected chi connectivity index (χ0v) is 13.8. The lowest BCUT2D eigenvalue weighted by atomic mass is 10.1. The Bertz CT molecular complexity index is 783. The highest BCUT2D eigenvalue weighted by molar-refractivity contribution is 5.93. The summed E-state index contributed by atoms with van der Waals surface area (Å²) in [5, 5.41) is 12.3. The van der Waals surface area contributed by atoms with Crippen LogP contribution in [0.3, 0.4) is 0 Å². The summed E-state index contributed by atoms with van der Waals surface area (Å²) < 4.78 is 11.7. The van der Waals surface area contributed by atoms with Crippen molar-refractivity contribution in [2.75, 3.05) is 13.2 Å². The normalized spacial score (nSPS) is 12.1. The Morgan fingerprint density at radius 2 is 1.38 bits per heavy atom. The third kappa shape index (κ3) is 3.69. The van der Waals surface area contributed by atoms with E-state index in [4.69, 9.17) is 9.47 Å². The molecule has 0 aliphatic heterocycles. The first-order valence-corrected chi connectivity index (χ1v) is 8.30. The summed E-state index contributed by atoms with van der Waals surface area (Å²) in [7, 11) is 0. The molecule has 24 heavy (non-hydrogen) atoms. The van der Waals surface area contributed by atoms with Crippen molar-refractivity contribution < 1.29 is 14.6 Å². The fourth-order valence-corrected chi connectivity index (χ4v) is 2.65. The Hall–Kier alpha value is -2.52. The third-order valence-corrected chi connectivity index (χ3v) is 3.89. The molecule has 0 radical (unpaired) electrons. The summed E-state index contributed by atoms with van der Waals surface area (Å²) >= 11 is 0. The van der Waals surface area contributed by atoms with Crippen LogP contribution in [0.1, 0.15) is 25.0 Å². The zero-order chi connectivity index (χ0) is 16.8. The van der Waals surface area contributed by atoms with Gasteiger partial charge in [0.2, 0.25) is 0 Å². The summed E-state index contributed by atoms with van der Waals surface area (Å²) in [5.41, 5.74) is 0.852. The Morgan fingerprint density at radius 1 is 0.792 bits per heavy atom. The van der Waals surface area contributed by atoms with Crippen molar-refractivity contribution in [2.45, 2.75) is 19.4 Å². The topological polar surface area (TPSA) is 38.7 Å². The highest BCUT2D eigenvalue weighted by atomic mass is 16.5. The molecule has 3 rings (SSSR count). The van der Waals surface area contributed by atoms with Crippen LogP contribution in [0.25, 0.3) is 10.8 Å². The summed E-state index contributed by atoms with van der Waals surface area (Å²) in [4.78, 5) is 0. The van der Waals surface area contributed by atoms with Crippen LogP contribution in [0.2, 0.25) is 0 Å². The second-order valence-electron chi connectivity index (χ2n) is 5.69. The lowest BCUT2D eigenvalue weighted by Crippen LogP contribution is -2.09. The molecular weight excluding hydrogens is 300 g/mol. The number of hydrogen-bond donors (Lipinski definition) is 1. The van der Waals surface area contributed by atoms with Crippen LogP contribution in [0, 0.1) is 0 Å². The molecule has 0 fully saturated rings. The van der Waals surface area contributed by atoms with Gasteiger partial charge in [0, 0.05) is 10.8 Å². The first-order chi connectivity index (χ1) is 11.8. The van der Waals surface area contributed by atoms with E-state index in [1.807, 2.05) is 66.7 Å². The molecule has 0 spiro atoms. The smallest absolute Gasteiger partial charge is 0.127 e. The van der Waals surface area contributed by atoms with Crippen LogP contribution < -0.4 is 9.47 Å². The molecule has 0 bridgehead atoms. The van der Waals surface area contributed by atoms with Crippen LogP contribution in [-0.4, -0.2) is 18.3 Å². The van der Waals surface area contributed by atoms with Gasteiger partial charge in [0.15, 0.2) is 0 Å². The van der Waals surface area contributed by atoms with Gasteiger partial charge in [-0.1, -0.05) is 61.5 Å². The highest BCUT2D eigenvalue weighted by Gasteiger charge is 2.11. The van der Waals surface area contributed by atoms with E-state index in [1.165, 1.54) is 0 Å². The molecular formula is C21H22O3. The predicted octanol–water partition coefficient (Wildman–Crippen LogP) is 4.74. The molecule has 3 aromatic rings. The van der Waals surface area contributed by atoms with Gasteiger partial charge in [0.1, 0.15) is 24.2 Å². The number of aliphatic hydroxyl groups is 1. The molecule has 1 unspecified atom stereocenters. The Labute approximate surface area is 142 Å². The maximum atomic E-state index is 10.3. The van der Waals surface area contributed by atoms with Gasteiger partial charge in [0.25, 0.3) is 0 Å². The molecule has 3 nitrogen and oxygen atoms in total. The van der Waals surface area contributed by atoms with Crippen molar-refractivity contribution in [3.63, 3.8) is 0 Å². The van der Waals surface area contributed by atoms with E-state index in [2.05, 4.69) is 6.92 Å². The van der Waals surface area contributed by atoms with Gasteiger partial charge in [-0.25, -0.2) is 0 Å². The molecule has 0 amide bonds. The minimum absolute atomic E-state index is 0.211. The van der Waals surface area contributed by atoms with E-state index in [-0.39, 0.29) is 6.61 Å². The van der Waals surface area contributed by atoms with E-state index in [0.717, 1.165) is 34.3 Å². The van der Waals surface area contributed by atoms with Gasteiger partial charge < -0.3 is 14.6 Å². The van der Waals surface area contributed by atoms with Crippen molar-refractivity contribution in [1.82, 2.24) is 0 Å². The minimum Gasteiger partial charge on any atom is -0.493 e. The van der Waals surface area contributed by atoms with Gasteiger partial charge in [0.05, 0.1) is 6.61 Å². The summed E-state index contributed by atoms with van der Waals surface area (Å²) in [6.07, 6.45) is 0.316. The number of aliphatic hydroxyl groups excluding tert-OH is 1. The first kappa shape index (κ1) is 16.3. The lowest BCUT2D eigenvalue weighted by molar-refractivity contribution is 0.109. The molecule has 0 heterocycles. The maximum absolute atomic E-state index is 10.3. The highest BCUT2D eigenvalue weighted by Crippen LogP contribution is 2.33. The van der Waals surface area contributed by atoms with Gasteiger partial charge in [-0.15, -0.1) is 0 Å². The van der Waals surface area contributed by atoms with Crippen LogP contribution in [0.15, 0.2) is 66.7 Å². The van der Waals surface area contributed by atoms with Crippen molar-refractivity contribution in [3.8, 4) is 11.5 Å². The van der Waals surface area contributed by atoms with Gasteiger partial charge in [-0.3, -0.25) is 0 Å². The summed E-state index contributed by atoms with van der Waals surface area (Å²) in [5.74, 6) is 1.62. The fraction of sp³-hybridized carbons (Fsp3) is 0.238. The number of benzene rings is 3. The monoisotopic (exact) mass is 322 g/mol. The maximum Gasteiger partial charge on any atom is 0.127 e. The zero-order valence-electron chi connectivity index (χ0n) is 13.8. The van der Waals surface area contributed by atoms with Crippen LogP contribution >= 0.6 is 0 Å². The average molecular weight is 322 g/mol. The molecule has 0 aliphatic rings. The van der Waals surface area contributed by atoms with Crippen molar-refractivity contribution >= 4 is 10.8 Å². The second kappa shape index (κ2) is 7.84. The van der Waals surface area contributed by atoms with Crippen LogP contribution in [0.4, 0.5) is 0 Å². The number of rotatable bonds is 7. The van der Waals surface area contributed by atoms with Gasteiger partial charge >= 0.3 is 0 Å². The number of hydrogen-bond acceptors (Lipinski definition) is 3. The molecule has 1 N–H and O–H groups in total. The number of ether oxygens (including phenoxy) is 2. The Kier molecular flexibility index (Phi) is 5.34. The summed E-state index contributed by atoms with van der Waals surface area (Å²) in [6.45, 7) is 2.99. The van der Waals surface area contributed by atoms with E-state index in [1.54, 1.807) is 0 Å². The molecule has 3 aromatic carbocycles. The van der Waals surface area contributed by atoms with E-state index < -0.39 is 6.10 Å². The van der Waals surface area contributed by atoms with Gasteiger partial charge in [-0.05, 0) is 24.1 Å². The van der Waals surface area contributed by atoms with Gasteiger partial charge in [-0.2, -0.15) is 0 Å². The molecule has 1 atom stereocenters. The Balaban J connectivity index is 1.80. The molecule has 3 heteroatoms.